The maximum Gasteiger partial charge on any atom is 0.407 e. The molecule has 0 unspecified atom stereocenters. The van der Waals surface area contributed by atoms with Crippen LogP contribution in [0.2, 0.25) is 0 Å². The highest BCUT2D eigenvalue weighted by atomic mass is 16.6. The highest BCUT2D eigenvalue weighted by molar-refractivity contribution is 5.99. The molecule has 0 aliphatic carbocycles. The van der Waals surface area contributed by atoms with Gasteiger partial charge in [-0.05, 0) is 68.9 Å². The van der Waals surface area contributed by atoms with Crippen LogP contribution in [0.25, 0.3) is 22.0 Å². The lowest BCUT2D eigenvalue weighted by Crippen LogP contribution is -2.32. The standard InChI is InChI=1S/C29H35N3O5/c1-18(2)13-25-23(16-30-28(35)37-29(4,5)6)27(21-10-7-19(3)8-11-21)22-14-20(9-12-24(22)32-25)15-31-36-17-26(33)34/h7-12,14-15,18H,13,16-17H2,1-6H3,(H,30,35)(H,33,34)/b31-15-. The number of aliphatic carboxylic acids is 1. The van der Waals surface area contributed by atoms with E-state index in [4.69, 9.17) is 19.7 Å². The highest BCUT2D eigenvalue weighted by Crippen LogP contribution is 2.35. The lowest BCUT2D eigenvalue weighted by Gasteiger charge is -2.22. The van der Waals surface area contributed by atoms with Crippen molar-refractivity contribution in [3.8, 4) is 11.1 Å². The molecule has 8 heteroatoms. The van der Waals surface area contributed by atoms with Gasteiger partial charge in [-0.15, -0.1) is 0 Å². The molecule has 37 heavy (non-hydrogen) atoms. The lowest BCUT2D eigenvalue weighted by molar-refractivity contribution is -0.142. The van der Waals surface area contributed by atoms with Crippen molar-refractivity contribution in [2.75, 3.05) is 6.61 Å². The Morgan fingerprint density at radius 1 is 1.14 bits per heavy atom. The molecule has 0 saturated carbocycles. The molecule has 1 amide bonds. The molecular formula is C29H35N3O5. The van der Waals surface area contributed by atoms with Gasteiger partial charge in [0.25, 0.3) is 0 Å². The number of benzene rings is 2. The summed E-state index contributed by atoms with van der Waals surface area (Å²) in [6, 6.07) is 14.0. The smallest absolute Gasteiger partial charge is 0.407 e. The van der Waals surface area contributed by atoms with E-state index in [2.05, 4.69) is 48.6 Å². The third-order valence-corrected chi connectivity index (χ3v) is 5.41. The zero-order chi connectivity index (χ0) is 27.2. The summed E-state index contributed by atoms with van der Waals surface area (Å²) in [6.45, 7) is 11.5. The fraction of sp³-hybridized carbons (Fsp3) is 0.379. The van der Waals surface area contributed by atoms with E-state index in [1.165, 1.54) is 6.21 Å². The predicted molar refractivity (Wildman–Crippen MR) is 145 cm³/mol. The Morgan fingerprint density at radius 3 is 2.46 bits per heavy atom. The SMILES string of the molecule is Cc1ccc(-c2c(CNC(=O)OC(C)(C)C)c(CC(C)C)nc3ccc(/C=N\OCC(=O)O)cc23)cc1. The Labute approximate surface area is 217 Å². The summed E-state index contributed by atoms with van der Waals surface area (Å²) in [5, 5.41) is 16.3. The summed E-state index contributed by atoms with van der Waals surface area (Å²) >= 11 is 0. The molecule has 2 aromatic carbocycles. The number of alkyl carbamates (subject to hydrolysis) is 1. The zero-order valence-corrected chi connectivity index (χ0v) is 22.3. The number of ether oxygens (including phenoxy) is 1. The Bertz CT molecular complexity index is 1290. The zero-order valence-electron chi connectivity index (χ0n) is 22.3. The summed E-state index contributed by atoms with van der Waals surface area (Å²) in [6.07, 6.45) is 1.73. The van der Waals surface area contributed by atoms with Crippen LogP contribution in [0, 0.1) is 12.8 Å². The van der Waals surface area contributed by atoms with Gasteiger partial charge in [-0.25, -0.2) is 9.59 Å². The second-order valence-electron chi connectivity index (χ2n) is 10.4. The van der Waals surface area contributed by atoms with Gasteiger partial charge in [-0.3, -0.25) is 4.98 Å². The quantitative estimate of drug-likeness (QED) is 0.278. The largest absolute Gasteiger partial charge is 0.479 e. The van der Waals surface area contributed by atoms with Crippen LogP contribution < -0.4 is 5.32 Å². The summed E-state index contributed by atoms with van der Waals surface area (Å²) in [5.74, 6) is -0.741. The highest BCUT2D eigenvalue weighted by Gasteiger charge is 2.21. The minimum atomic E-state index is -1.10. The first kappa shape index (κ1) is 27.6. The van der Waals surface area contributed by atoms with Gasteiger partial charge in [-0.2, -0.15) is 0 Å². The number of carboxylic acid groups (broad SMARTS) is 1. The molecule has 0 atom stereocenters. The number of carboxylic acids is 1. The summed E-state index contributed by atoms with van der Waals surface area (Å²) in [7, 11) is 0. The summed E-state index contributed by atoms with van der Waals surface area (Å²) in [4.78, 5) is 33.1. The molecule has 1 aromatic heterocycles. The van der Waals surface area contributed by atoms with Crippen LogP contribution in [0.3, 0.4) is 0 Å². The number of oxime groups is 1. The average Bonchev–Trinajstić information content (AvgIpc) is 2.79. The molecule has 0 bridgehead atoms. The average molecular weight is 506 g/mol. The topological polar surface area (TPSA) is 110 Å². The van der Waals surface area contributed by atoms with Crippen LogP contribution in [-0.2, 0) is 27.3 Å². The van der Waals surface area contributed by atoms with E-state index in [-0.39, 0.29) is 6.54 Å². The Kier molecular flexibility index (Phi) is 8.86. The van der Waals surface area contributed by atoms with Gasteiger partial charge in [0.15, 0.2) is 0 Å². The predicted octanol–water partition coefficient (Wildman–Crippen LogP) is 5.87. The van der Waals surface area contributed by atoms with Gasteiger partial charge >= 0.3 is 12.1 Å². The van der Waals surface area contributed by atoms with Crippen molar-refractivity contribution in [3.63, 3.8) is 0 Å². The molecule has 0 aliphatic heterocycles. The van der Waals surface area contributed by atoms with E-state index < -0.39 is 24.3 Å². The molecule has 0 spiro atoms. The van der Waals surface area contributed by atoms with Crippen molar-refractivity contribution in [3.05, 3.63) is 64.8 Å². The summed E-state index contributed by atoms with van der Waals surface area (Å²) in [5.41, 5.74) is 5.89. The molecule has 0 fully saturated rings. The van der Waals surface area contributed by atoms with E-state index in [9.17, 15) is 9.59 Å². The van der Waals surface area contributed by atoms with Crippen LogP contribution in [0.15, 0.2) is 47.6 Å². The molecule has 3 aromatic rings. The maximum absolute atomic E-state index is 12.5. The molecular weight excluding hydrogens is 470 g/mol. The first-order chi connectivity index (χ1) is 17.4. The molecule has 1 heterocycles. The number of carbonyl (C=O) groups is 2. The van der Waals surface area contributed by atoms with Gasteiger partial charge in [0.1, 0.15) is 5.60 Å². The molecule has 8 nitrogen and oxygen atoms in total. The number of aromatic nitrogens is 1. The van der Waals surface area contributed by atoms with Gasteiger partial charge < -0.3 is 20.0 Å². The van der Waals surface area contributed by atoms with Crippen LogP contribution in [0.1, 0.15) is 57.0 Å². The van der Waals surface area contributed by atoms with Crippen molar-refractivity contribution in [1.29, 1.82) is 0 Å². The Morgan fingerprint density at radius 2 is 1.84 bits per heavy atom. The van der Waals surface area contributed by atoms with Gasteiger partial charge in [0, 0.05) is 23.2 Å². The number of rotatable bonds is 9. The van der Waals surface area contributed by atoms with E-state index in [1.54, 1.807) is 0 Å². The normalized spacial score (nSPS) is 11.8. The maximum atomic E-state index is 12.5. The Balaban J connectivity index is 2.16. The second kappa shape index (κ2) is 11.9. The number of hydrogen-bond donors (Lipinski definition) is 2. The third kappa shape index (κ3) is 8.03. The number of pyridine rings is 1. The van der Waals surface area contributed by atoms with Crippen molar-refractivity contribution in [1.82, 2.24) is 10.3 Å². The van der Waals surface area contributed by atoms with Crippen molar-refractivity contribution in [2.45, 2.75) is 60.1 Å². The van der Waals surface area contributed by atoms with Gasteiger partial charge in [0.05, 0.1) is 11.7 Å². The van der Waals surface area contributed by atoms with Crippen LogP contribution in [0.4, 0.5) is 4.79 Å². The number of nitrogens with one attached hydrogen (secondary N) is 1. The fourth-order valence-corrected chi connectivity index (χ4v) is 3.91. The number of nitrogens with zero attached hydrogens (tertiary/aromatic N) is 2. The van der Waals surface area contributed by atoms with E-state index in [0.717, 1.165) is 50.8 Å². The van der Waals surface area contributed by atoms with Crippen molar-refractivity contribution < 1.29 is 24.3 Å². The first-order valence-electron chi connectivity index (χ1n) is 12.3. The van der Waals surface area contributed by atoms with Crippen LogP contribution in [0.5, 0.6) is 0 Å². The van der Waals surface area contributed by atoms with E-state index >= 15 is 0 Å². The lowest BCUT2D eigenvalue weighted by atomic mass is 9.90. The Hall–Kier alpha value is -3.94. The van der Waals surface area contributed by atoms with Gasteiger partial charge in [0.2, 0.25) is 6.61 Å². The molecule has 196 valence electrons. The second-order valence-corrected chi connectivity index (χ2v) is 10.4. The third-order valence-electron chi connectivity index (χ3n) is 5.41. The number of amides is 1. The van der Waals surface area contributed by atoms with Crippen molar-refractivity contribution >= 4 is 29.2 Å². The number of carbonyl (C=O) groups excluding carboxylic acids is 1. The first-order valence-corrected chi connectivity index (χ1v) is 12.3. The minimum Gasteiger partial charge on any atom is -0.479 e. The number of aryl methyl sites for hydroxylation is 1. The molecule has 0 aliphatic rings. The fourth-order valence-electron chi connectivity index (χ4n) is 3.91. The van der Waals surface area contributed by atoms with E-state index in [1.807, 2.05) is 45.9 Å². The molecule has 0 saturated heterocycles. The molecule has 2 N–H and O–H groups in total. The van der Waals surface area contributed by atoms with Gasteiger partial charge in [-0.1, -0.05) is 54.9 Å². The number of fused-ring (bicyclic) bond motifs is 1. The van der Waals surface area contributed by atoms with Crippen LogP contribution in [-0.4, -0.2) is 40.6 Å². The summed E-state index contributed by atoms with van der Waals surface area (Å²) < 4.78 is 5.48. The van der Waals surface area contributed by atoms with Crippen molar-refractivity contribution in [2.24, 2.45) is 11.1 Å². The van der Waals surface area contributed by atoms with Crippen LogP contribution >= 0.6 is 0 Å². The minimum absolute atomic E-state index is 0.253. The monoisotopic (exact) mass is 505 g/mol. The molecule has 0 radical (unpaired) electrons. The van der Waals surface area contributed by atoms with E-state index in [0.29, 0.717) is 5.92 Å². The number of hydrogen-bond acceptors (Lipinski definition) is 6. The molecule has 3 rings (SSSR count).